The van der Waals surface area contributed by atoms with Crippen molar-refractivity contribution in [2.45, 2.75) is 27.2 Å². The van der Waals surface area contributed by atoms with E-state index in [9.17, 15) is 0 Å². The molecule has 2 rings (SSSR count). The lowest BCUT2D eigenvalue weighted by Gasteiger charge is -2.13. The van der Waals surface area contributed by atoms with Gasteiger partial charge in [-0.1, -0.05) is 18.6 Å². The van der Waals surface area contributed by atoms with Gasteiger partial charge in [0.2, 0.25) is 0 Å². The van der Waals surface area contributed by atoms with Crippen molar-refractivity contribution in [2.24, 2.45) is 0 Å². The highest BCUT2D eigenvalue weighted by Gasteiger charge is 2.13. The molecule has 0 amide bonds. The van der Waals surface area contributed by atoms with E-state index in [-0.39, 0.29) is 0 Å². The third-order valence-electron chi connectivity index (χ3n) is 4.13. The zero-order valence-electron chi connectivity index (χ0n) is 15.9. The van der Waals surface area contributed by atoms with E-state index in [0.29, 0.717) is 11.5 Å². The van der Waals surface area contributed by atoms with E-state index in [1.54, 1.807) is 14.2 Å². The van der Waals surface area contributed by atoms with E-state index in [1.807, 2.05) is 42.9 Å². The van der Waals surface area contributed by atoms with Crippen molar-refractivity contribution in [3.05, 3.63) is 53.2 Å². The summed E-state index contributed by atoms with van der Waals surface area (Å²) in [4.78, 5) is 0. The highest BCUT2D eigenvalue weighted by Crippen LogP contribution is 2.31. The van der Waals surface area contributed by atoms with Gasteiger partial charge in [-0.3, -0.25) is 0 Å². The topological polar surface area (TPSA) is 48.3 Å². The number of nitrogens with one attached hydrogen (secondary N) is 1. The van der Waals surface area contributed by atoms with Crippen molar-refractivity contribution in [3.63, 3.8) is 0 Å². The van der Waals surface area contributed by atoms with Gasteiger partial charge in [-0.25, -0.2) is 4.68 Å². The molecule has 0 fully saturated rings. The molecule has 1 heterocycles. The number of allylic oxidation sites excluding steroid dienone is 3. The smallest absolute Gasteiger partial charge is 0.161 e. The molecule has 0 spiro atoms. The van der Waals surface area contributed by atoms with Crippen LogP contribution >= 0.6 is 0 Å². The van der Waals surface area contributed by atoms with Crippen LogP contribution in [0.1, 0.15) is 31.5 Å². The molecule has 0 radical (unpaired) electrons. The predicted molar refractivity (Wildman–Crippen MR) is 103 cm³/mol. The molecule has 0 bridgehead atoms. The number of benzene rings is 1. The summed E-state index contributed by atoms with van der Waals surface area (Å²) in [6.45, 7) is 6.31. The summed E-state index contributed by atoms with van der Waals surface area (Å²) in [7, 11) is 5.15. The number of ether oxygens (including phenoxy) is 2. The Morgan fingerprint density at radius 2 is 1.88 bits per heavy atom. The molecule has 0 unspecified atom stereocenters. The maximum absolute atomic E-state index is 5.46. The van der Waals surface area contributed by atoms with Crippen molar-refractivity contribution in [1.29, 1.82) is 0 Å². The van der Waals surface area contributed by atoms with E-state index in [0.717, 1.165) is 29.2 Å². The van der Waals surface area contributed by atoms with Crippen LogP contribution in [-0.4, -0.2) is 31.0 Å². The van der Waals surface area contributed by atoms with Crippen LogP contribution in [0.4, 0.5) is 5.82 Å². The molecule has 1 aromatic carbocycles. The zero-order valence-corrected chi connectivity index (χ0v) is 15.9. The first-order valence-corrected chi connectivity index (χ1v) is 8.38. The Labute approximate surface area is 150 Å². The van der Waals surface area contributed by atoms with Crippen LogP contribution in [0, 0.1) is 6.92 Å². The summed E-state index contributed by atoms with van der Waals surface area (Å²) >= 11 is 0. The lowest BCUT2D eigenvalue weighted by molar-refractivity contribution is 0.355. The van der Waals surface area contributed by atoms with Gasteiger partial charge in [0.15, 0.2) is 11.5 Å². The second-order valence-corrected chi connectivity index (χ2v) is 5.82. The van der Waals surface area contributed by atoms with Crippen LogP contribution in [0.5, 0.6) is 11.5 Å². The molecule has 5 heteroatoms. The lowest BCUT2D eigenvalue weighted by Crippen LogP contribution is -2.04. The zero-order chi connectivity index (χ0) is 18.4. The minimum Gasteiger partial charge on any atom is -0.493 e. The Balaban J connectivity index is 2.61. The van der Waals surface area contributed by atoms with Crippen molar-refractivity contribution in [1.82, 2.24) is 9.78 Å². The molecule has 2 aromatic rings. The van der Waals surface area contributed by atoms with Gasteiger partial charge in [-0.15, -0.1) is 0 Å². The quantitative estimate of drug-likeness (QED) is 0.754. The van der Waals surface area contributed by atoms with Gasteiger partial charge in [0.1, 0.15) is 5.82 Å². The highest BCUT2D eigenvalue weighted by molar-refractivity contribution is 5.70. The fraction of sp³-hybridized carbons (Fsp3) is 0.350. The Hall–Kier alpha value is -2.69. The molecule has 0 aliphatic rings. The Morgan fingerprint density at radius 1 is 1.16 bits per heavy atom. The minimum atomic E-state index is 0.695. The first kappa shape index (κ1) is 18.6. The molecule has 0 aliphatic carbocycles. The van der Waals surface area contributed by atoms with Crippen molar-refractivity contribution in [3.8, 4) is 11.5 Å². The Kier molecular flexibility index (Phi) is 6.28. The molecular weight excluding hydrogens is 314 g/mol. The summed E-state index contributed by atoms with van der Waals surface area (Å²) in [5.41, 5.74) is 4.34. The average Bonchev–Trinajstić information content (AvgIpc) is 3.02. The minimum absolute atomic E-state index is 0.695. The van der Waals surface area contributed by atoms with Gasteiger partial charge in [0.25, 0.3) is 0 Å². The number of hydrogen-bond acceptors (Lipinski definition) is 4. The number of hydrogen-bond donors (Lipinski definition) is 1. The Bertz CT molecular complexity index is 788. The third-order valence-corrected chi connectivity index (χ3v) is 4.13. The van der Waals surface area contributed by atoms with Crippen molar-refractivity contribution >= 4 is 11.5 Å². The van der Waals surface area contributed by atoms with Gasteiger partial charge >= 0.3 is 0 Å². The predicted octanol–water partition coefficient (Wildman–Crippen LogP) is 4.50. The molecule has 0 atom stereocenters. The number of aryl methyl sites for hydroxylation is 1. The third kappa shape index (κ3) is 4.24. The highest BCUT2D eigenvalue weighted by atomic mass is 16.5. The van der Waals surface area contributed by atoms with Gasteiger partial charge in [-0.2, -0.15) is 5.10 Å². The number of anilines is 1. The summed E-state index contributed by atoms with van der Waals surface area (Å²) in [5.74, 6) is 2.24. The molecule has 0 saturated carbocycles. The molecule has 0 saturated heterocycles. The molecule has 1 aromatic heterocycles. The fourth-order valence-corrected chi connectivity index (χ4v) is 2.46. The summed E-state index contributed by atoms with van der Waals surface area (Å²) in [6.07, 6.45) is 5.24. The monoisotopic (exact) mass is 341 g/mol. The van der Waals surface area contributed by atoms with Crippen LogP contribution < -0.4 is 14.8 Å². The molecule has 134 valence electrons. The first-order chi connectivity index (χ1) is 12.0. The number of rotatable bonds is 7. The van der Waals surface area contributed by atoms with Gasteiger partial charge in [0.05, 0.1) is 19.9 Å². The molecule has 5 nitrogen and oxygen atoms in total. The first-order valence-electron chi connectivity index (χ1n) is 8.38. The average molecular weight is 341 g/mol. The second-order valence-electron chi connectivity index (χ2n) is 5.82. The van der Waals surface area contributed by atoms with Gasteiger partial charge < -0.3 is 14.8 Å². The van der Waals surface area contributed by atoms with Gasteiger partial charge in [-0.05, 0) is 44.5 Å². The molecular formula is C20H27N3O2. The van der Waals surface area contributed by atoms with E-state index in [2.05, 4.69) is 36.4 Å². The number of aromatic nitrogens is 2. The van der Waals surface area contributed by atoms with Crippen molar-refractivity contribution in [2.75, 3.05) is 26.6 Å². The van der Waals surface area contributed by atoms with E-state index < -0.39 is 0 Å². The largest absolute Gasteiger partial charge is 0.493 e. The van der Waals surface area contributed by atoms with E-state index in [4.69, 9.17) is 9.47 Å². The maximum Gasteiger partial charge on any atom is 0.161 e. The molecule has 0 aliphatic heterocycles. The molecule has 1 N–H and O–H groups in total. The summed E-state index contributed by atoms with van der Waals surface area (Å²) in [6, 6.07) is 7.92. The SMILES string of the molecule is CCC(C)=C/C=C(/c1ccc(OC)c(OC)c1)n1nc(NC)cc1C. The lowest BCUT2D eigenvalue weighted by atomic mass is 10.1. The van der Waals surface area contributed by atoms with E-state index >= 15 is 0 Å². The molecule has 25 heavy (non-hydrogen) atoms. The number of methoxy groups -OCH3 is 2. The maximum atomic E-state index is 5.46. The van der Waals surface area contributed by atoms with Crippen LogP contribution in [-0.2, 0) is 0 Å². The van der Waals surface area contributed by atoms with Crippen LogP contribution in [0.2, 0.25) is 0 Å². The van der Waals surface area contributed by atoms with Gasteiger partial charge in [0, 0.05) is 24.4 Å². The standard InChI is InChI=1S/C20H27N3O2/c1-7-14(2)8-10-17(23-15(3)12-20(21-4)22-23)16-9-11-18(24-5)19(13-16)25-6/h8-13H,7H2,1-6H3,(H,21,22)/b14-8?,17-10-. The van der Waals surface area contributed by atoms with Crippen LogP contribution in [0.15, 0.2) is 42.0 Å². The Morgan fingerprint density at radius 3 is 2.44 bits per heavy atom. The normalized spacial score (nSPS) is 12.2. The fourth-order valence-electron chi connectivity index (χ4n) is 2.46. The van der Waals surface area contributed by atoms with Crippen LogP contribution in [0.25, 0.3) is 5.70 Å². The summed E-state index contributed by atoms with van der Waals surface area (Å²) in [5, 5.41) is 7.73. The summed E-state index contributed by atoms with van der Waals surface area (Å²) < 4.78 is 12.7. The van der Waals surface area contributed by atoms with E-state index in [1.165, 1.54) is 5.57 Å². The number of nitrogens with zero attached hydrogens (tertiary/aromatic N) is 2. The van der Waals surface area contributed by atoms with Crippen molar-refractivity contribution < 1.29 is 9.47 Å². The van der Waals surface area contributed by atoms with Crippen LogP contribution in [0.3, 0.4) is 0 Å². The second kappa shape index (κ2) is 8.42.